The highest BCUT2D eigenvalue weighted by molar-refractivity contribution is 6.34. The van der Waals surface area contributed by atoms with Crippen LogP contribution in [0.1, 0.15) is 21.5 Å². The number of carbonyl (C=O) groups excluding carboxylic acids is 1. The molecule has 0 bridgehead atoms. The van der Waals surface area contributed by atoms with Crippen molar-refractivity contribution >= 4 is 35.1 Å². The predicted molar refractivity (Wildman–Crippen MR) is 113 cm³/mol. The molecular formula is C20H24Cl2N4O. The number of guanidine groups is 1. The van der Waals surface area contributed by atoms with Crippen LogP contribution in [0.15, 0.2) is 47.5 Å². The summed E-state index contributed by atoms with van der Waals surface area (Å²) in [5.41, 5.74) is 2.83. The quantitative estimate of drug-likeness (QED) is 0.488. The molecule has 0 saturated carbocycles. The third-order valence-corrected chi connectivity index (χ3v) is 4.41. The second kappa shape index (κ2) is 10.8. The van der Waals surface area contributed by atoms with Gasteiger partial charge in [0.05, 0.1) is 0 Å². The van der Waals surface area contributed by atoms with Gasteiger partial charge in [0.25, 0.3) is 5.91 Å². The fourth-order valence-corrected chi connectivity index (χ4v) is 3.21. The van der Waals surface area contributed by atoms with Gasteiger partial charge in [-0.3, -0.25) is 9.79 Å². The van der Waals surface area contributed by atoms with Gasteiger partial charge in [-0.1, -0.05) is 35.3 Å². The van der Waals surface area contributed by atoms with Crippen LogP contribution in [-0.2, 0) is 12.8 Å². The van der Waals surface area contributed by atoms with Gasteiger partial charge in [-0.15, -0.1) is 0 Å². The highest BCUT2D eigenvalue weighted by Gasteiger charge is 2.04. The average Bonchev–Trinajstić information content (AvgIpc) is 2.65. The zero-order valence-electron chi connectivity index (χ0n) is 15.5. The Balaban J connectivity index is 1.78. The molecule has 0 spiro atoms. The first-order chi connectivity index (χ1) is 13.0. The number of nitrogens with one attached hydrogen (secondary N) is 3. The summed E-state index contributed by atoms with van der Waals surface area (Å²) in [4.78, 5) is 15.9. The van der Waals surface area contributed by atoms with E-state index in [4.69, 9.17) is 23.2 Å². The van der Waals surface area contributed by atoms with Crippen molar-refractivity contribution in [3.05, 3.63) is 69.2 Å². The number of aliphatic imine (C=N–C) groups is 1. The van der Waals surface area contributed by atoms with E-state index in [-0.39, 0.29) is 5.91 Å². The number of carbonyl (C=O) groups is 1. The van der Waals surface area contributed by atoms with Crippen molar-refractivity contribution in [2.75, 3.05) is 27.2 Å². The molecule has 0 heterocycles. The van der Waals surface area contributed by atoms with E-state index in [1.54, 1.807) is 26.2 Å². The highest BCUT2D eigenvalue weighted by atomic mass is 35.5. The lowest BCUT2D eigenvalue weighted by Crippen LogP contribution is -2.39. The molecule has 0 unspecified atom stereocenters. The molecule has 2 aromatic carbocycles. The molecule has 2 aromatic rings. The first-order valence-electron chi connectivity index (χ1n) is 8.72. The topological polar surface area (TPSA) is 65.5 Å². The maximum Gasteiger partial charge on any atom is 0.251 e. The van der Waals surface area contributed by atoms with Crippen molar-refractivity contribution in [1.29, 1.82) is 0 Å². The highest BCUT2D eigenvalue weighted by Crippen LogP contribution is 2.19. The van der Waals surface area contributed by atoms with Crippen molar-refractivity contribution in [3.8, 4) is 0 Å². The molecule has 144 valence electrons. The Morgan fingerprint density at radius 1 is 0.963 bits per heavy atom. The van der Waals surface area contributed by atoms with Crippen molar-refractivity contribution < 1.29 is 4.79 Å². The van der Waals surface area contributed by atoms with Crippen LogP contribution in [0.4, 0.5) is 0 Å². The summed E-state index contributed by atoms with van der Waals surface area (Å²) in [7, 11) is 3.36. The van der Waals surface area contributed by atoms with E-state index in [1.165, 1.54) is 0 Å². The molecular weight excluding hydrogens is 383 g/mol. The van der Waals surface area contributed by atoms with Crippen molar-refractivity contribution in [1.82, 2.24) is 16.0 Å². The molecule has 7 heteroatoms. The van der Waals surface area contributed by atoms with E-state index in [9.17, 15) is 4.79 Å². The van der Waals surface area contributed by atoms with Crippen LogP contribution in [0.3, 0.4) is 0 Å². The van der Waals surface area contributed by atoms with E-state index in [0.29, 0.717) is 28.7 Å². The van der Waals surface area contributed by atoms with Gasteiger partial charge in [0, 0.05) is 42.8 Å². The summed E-state index contributed by atoms with van der Waals surface area (Å²) in [6.07, 6.45) is 1.57. The van der Waals surface area contributed by atoms with Gasteiger partial charge in [-0.05, 0) is 54.3 Å². The lowest BCUT2D eigenvalue weighted by atomic mass is 10.1. The summed E-state index contributed by atoms with van der Waals surface area (Å²) in [5.74, 6) is 0.647. The minimum Gasteiger partial charge on any atom is -0.356 e. The molecule has 0 aliphatic rings. The first-order valence-corrected chi connectivity index (χ1v) is 9.48. The van der Waals surface area contributed by atoms with Crippen LogP contribution in [0.2, 0.25) is 10.0 Å². The number of benzene rings is 2. The molecule has 0 fully saturated rings. The van der Waals surface area contributed by atoms with Crippen LogP contribution in [0.25, 0.3) is 0 Å². The van der Waals surface area contributed by atoms with Gasteiger partial charge in [-0.2, -0.15) is 0 Å². The third kappa shape index (κ3) is 7.12. The largest absolute Gasteiger partial charge is 0.356 e. The van der Waals surface area contributed by atoms with E-state index >= 15 is 0 Å². The monoisotopic (exact) mass is 406 g/mol. The van der Waals surface area contributed by atoms with Crippen molar-refractivity contribution in [3.63, 3.8) is 0 Å². The molecule has 0 aliphatic heterocycles. The standard InChI is InChI=1S/C20H24Cl2N4O/c1-23-19(27)16-5-3-4-14(10-16)6-8-25-20(24-2)26-9-7-15-11-17(21)13-18(22)12-15/h3-5,10-13H,6-9H2,1-2H3,(H,23,27)(H2,24,25,26). The van der Waals surface area contributed by atoms with Gasteiger partial charge in [-0.25, -0.2) is 0 Å². The third-order valence-electron chi connectivity index (χ3n) is 3.97. The fraction of sp³-hybridized carbons (Fsp3) is 0.300. The zero-order valence-corrected chi connectivity index (χ0v) is 17.0. The smallest absolute Gasteiger partial charge is 0.251 e. The van der Waals surface area contributed by atoms with Gasteiger partial charge in [0.1, 0.15) is 0 Å². The Labute approximate surface area is 170 Å². The van der Waals surface area contributed by atoms with Gasteiger partial charge in [0.2, 0.25) is 0 Å². The SMILES string of the molecule is CN=C(NCCc1cc(Cl)cc(Cl)c1)NCCc1cccc(C(=O)NC)c1. The Kier molecular flexibility index (Phi) is 8.43. The molecule has 2 rings (SSSR count). The van der Waals surface area contributed by atoms with E-state index in [0.717, 1.165) is 29.9 Å². The van der Waals surface area contributed by atoms with Crippen molar-refractivity contribution in [2.24, 2.45) is 4.99 Å². The van der Waals surface area contributed by atoms with Crippen molar-refractivity contribution in [2.45, 2.75) is 12.8 Å². The number of nitrogens with zero attached hydrogens (tertiary/aromatic N) is 1. The molecule has 0 saturated heterocycles. The first kappa shape index (κ1) is 21.1. The second-order valence-electron chi connectivity index (χ2n) is 5.98. The normalized spacial score (nSPS) is 11.2. The summed E-state index contributed by atoms with van der Waals surface area (Å²) in [5, 5.41) is 10.5. The molecule has 3 N–H and O–H groups in total. The maximum atomic E-state index is 11.7. The Hall–Kier alpha value is -2.24. The van der Waals surface area contributed by atoms with E-state index in [2.05, 4.69) is 20.9 Å². The van der Waals surface area contributed by atoms with Gasteiger partial charge in [0.15, 0.2) is 5.96 Å². The minimum atomic E-state index is -0.0802. The van der Waals surface area contributed by atoms with E-state index < -0.39 is 0 Å². The van der Waals surface area contributed by atoms with Crippen LogP contribution < -0.4 is 16.0 Å². The summed E-state index contributed by atoms with van der Waals surface area (Å²) >= 11 is 12.0. The molecule has 27 heavy (non-hydrogen) atoms. The molecule has 0 atom stereocenters. The molecule has 0 aromatic heterocycles. The zero-order chi connectivity index (χ0) is 19.6. The molecule has 0 radical (unpaired) electrons. The second-order valence-corrected chi connectivity index (χ2v) is 6.86. The lowest BCUT2D eigenvalue weighted by molar-refractivity contribution is 0.0963. The minimum absolute atomic E-state index is 0.0802. The lowest BCUT2D eigenvalue weighted by Gasteiger charge is -2.12. The number of halogens is 2. The fourth-order valence-electron chi connectivity index (χ4n) is 2.64. The van der Waals surface area contributed by atoms with Gasteiger partial charge >= 0.3 is 0 Å². The number of hydrogen-bond donors (Lipinski definition) is 3. The van der Waals surface area contributed by atoms with Crippen LogP contribution in [0.5, 0.6) is 0 Å². The predicted octanol–water partition coefficient (Wildman–Crippen LogP) is 3.30. The Morgan fingerprint density at radius 2 is 1.59 bits per heavy atom. The number of rotatable bonds is 7. The summed E-state index contributed by atoms with van der Waals surface area (Å²) in [6, 6.07) is 13.1. The number of hydrogen-bond acceptors (Lipinski definition) is 2. The maximum absolute atomic E-state index is 11.7. The number of amides is 1. The van der Waals surface area contributed by atoms with Crippen LogP contribution in [0, 0.1) is 0 Å². The summed E-state index contributed by atoms with van der Waals surface area (Å²) in [6.45, 7) is 1.42. The Morgan fingerprint density at radius 3 is 2.19 bits per heavy atom. The average molecular weight is 407 g/mol. The van der Waals surface area contributed by atoms with E-state index in [1.807, 2.05) is 30.3 Å². The van der Waals surface area contributed by atoms with Gasteiger partial charge < -0.3 is 16.0 Å². The molecule has 1 amide bonds. The molecule has 5 nitrogen and oxygen atoms in total. The van der Waals surface area contributed by atoms with Crippen LogP contribution in [-0.4, -0.2) is 39.1 Å². The van der Waals surface area contributed by atoms with Crippen LogP contribution >= 0.6 is 23.2 Å². The molecule has 0 aliphatic carbocycles. The summed E-state index contributed by atoms with van der Waals surface area (Å²) < 4.78 is 0. The Bertz CT molecular complexity index is 788.